The van der Waals surface area contributed by atoms with Crippen LogP contribution in [0.2, 0.25) is 0 Å². The summed E-state index contributed by atoms with van der Waals surface area (Å²) in [6.07, 6.45) is 0. The molecule has 1 aromatic carbocycles. The second-order valence-corrected chi connectivity index (χ2v) is 3.88. The summed E-state index contributed by atoms with van der Waals surface area (Å²) < 4.78 is 13.2. The number of hydrogen-bond acceptors (Lipinski definition) is 2. The Morgan fingerprint density at radius 3 is 3.08 bits per heavy atom. The summed E-state index contributed by atoms with van der Waals surface area (Å²) in [5.74, 6) is 0.936. The number of halogens is 2. The molecule has 0 radical (unpaired) electrons. The highest BCUT2D eigenvalue weighted by atomic mass is 35.5. The van der Waals surface area contributed by atoms with E-state index in [2.05, 4.69) is 5.32 Å². The van der Waals surface area contributed by atoms with Crippen LogP contribution >= 0.6 is 24.2 Å². The Hall–Kier alpha value is -0.250. The number of benzene rings is 1. The van der Waals surface area contributed by atoms with Gasteiger partial charge in [0.2, 0.25) is 0 Å². The van der Waals surface area contributed by atoms with Gasteiger partial charge in [-0.2, -0.15) is 0 Å². The van der Waals surface area contributed by atoms with Crippen molar-refractivity contribution in [1.82, 2.24) is 5.32 Å². The zero-order valence-corrected chi connectivity index (χ0v) is 8.68. The van der Waals surface area contributed by atoms with Crippen molar-refractivity contribution in [1.29, 1.82) is 0 Å². The van der Waals surface area contributed by atoms with E-state index < -0.39 is 0 Å². The Bertz CT molecular complexity index is 293. The van der Waals surface area contributed by atoms with E-state index in [9.17, 15) is 4.39 Å². The molecule has 0 saturated carbocycles. The molecular weight excluding hydrogens is 209 g/mol. The molecular formula is C9H11ClFNS. The minimum absolute atomic E-state index is 0. The van der Waals surface area contributed by atoms with Gasteiger partial charge in [0.25, 0.3) is 0 Å². The quantitative estimate of drug-likeness (QED) is 0.720. The van der Waals surface area contributed by atoms with E-state index in [1.165, 1.54) is 6.07 Å². The van der Waals surface area contributed by atoms with Crippen LogP contribution in [0.1, 0.15) is 5.56 Å². The van der Waals surface area contributed by atoms with Crippen molar-refractivity contribution in [3.05, 3.63) is 29.6 Å². The van der Waals surface area contributed by atoms with Crippen LogP contribution < -0.4 is 5.32 Å². The first-order chi connectivity index (χ1) is 5.88. The third-order valence-electron chi connectivity index (χ3n) is 1.91. The molecule has 1 heterocycles. The predicted octanol–water partition coefficient (Wildman–Crippen LogP) is 2.44. The molecule has 0 spiro atoms. The lowest BCUT2D eigenvalue weighted by atomic mass is 10.2. The zero-order valence-electron chi connectivity index (χ0n) is 7.05. The molecule has 4 heteroatoms. The number of thioether (sulfide) groups is 1. The van der Waals surface area contributed by atoms with Crippen molar-refractivity contribution in [2.24, 2.45) is 0 Å². The molecule has 2 rings (SSSR count). The van der Waals surface area contributed by atoms with Gasteiger partial charge in [-0.05, 0) is 12.1 Å². The standard InChI is InChI=1S/C9H10FNS.ClH/c10-8-2-1-3-9-7(8)6-11-4-5-12-9;/h1-3,11H,4-6H2;1H. The summed E-state index contributed by atoms with van der Waals surface area (Å²) in [5.41, 5.74) is 0.819. The second-order valence-electron chi connectivity index (χ2n) is 2.74. The maximum atomic E-state index is 13.2. The van der Waals surface area contributed by atoms with Crippen LogP contribution in [0, 0.1) is 5.82 Å². The van der Waals surface area contributed by atoms with Gasteiger partial charge >= 0.3 is 0 Å². The van der Waals surface area contributed by atoms with E-state index in [-0.39, 0.29) is 18.2 Å². The molecule has 1 N–H and O–H groups in total. The predicted molar refractivity (Wildman–Crippen MR) is 56.1 cm³/mol. The topological polar surface area (TPSA) is 12.0 Å². The van der Waals surface area contributed by atoms with Gasteiger partial charge in [0, 0.05) is 29.3 Å². The van der Waals surface area contributed by atoms with Crippen molar-refractivity contribution in [3.63, 3.8) is 0 Å². The Morgan fingerprint density at radius 2 is 2.23 bits per heavy atom. The average molecular weight is 220 g/mol. The molecule has 72 valence electrons. The highest BCUT2D eigenvalue weighted by Gasteiger charge is 2.10. The molecule has 1 nitrogen and oxygen atoms in total. The number of fused-ring (bicyclic) bond motifs is 1. The fourth-order valence-corrected chi connectivity index (χ4v) is 2.28. The molecule has 1 aromatic rings. The van der Waals surface area contributed by atoms with Crippen LogP contribution in [0.4, 0.5) is 4.39 Å². The average Bonchev–Trinajstić information content (AvgIpc) is 2.30. The molecule has 0 fully saturated rings. The highest BCUT2D eigenvalue weighted by molar-refractivity contribution is 7.99. The van der Waals surface area contributed by atoms with Crippen molar-refractivity contribution in [3.8, 4) is 0 Å². The lowest BCUT2D eigenvalue weighted by molar-refractivity contribution is 0.589. The zero-order chi connectivity index (χ0) is 8.39. The van der Waals surface area contributed by atoms with Crippen molar-refractivity contribution < 1.29 is 4.39 Å². The Labute approximate surface area is 87.5 Å². The van der Waals surface area contributed by atoms with Crippen molar-refractivity contribution >= 4 is 24.2 Å². The van der Waals surface area contributed by atoms with Gasteiger partial charge in [0.05, 0.1) is 0 Å². The Morgan fingerprint density at radius 1 is 1.38 bits per heavy atom. The lowest BCUT2D eigenvalue weighted by Gasteiger charge is -2.04. The summed E-state index contributed by atoms with van der Waals surface area (Å²) in [5, 5.41) is 3.18. The first-order valence-electron chi connectivity index (χ1n) is 3.99. The van der Waals surface area contributed by atoms with Gasteiger partial charge in [0.15, 0.2) is 0 Å². The minimum Gasteiger partial charge on any atom is -0.312 e. The Kier molecular flexibility index (Phi) is 4.03. The van der Waals surface area contributed by atoms with Crippen LogP contribution in [0.25, 0.3) is 0 Å². The van der Waals surface area contributed by atoms with E-state index >= 15 is 0 Å². The molecule has 0 aliphatic carbocycles. The lowest BCUT2D eigenvalue weighted by Crippen LogP contribution is -2.14. The normalized spacial score (nSPS) is 15.5. The van der Waals surface area contributed by atoms with Gasteiger partial charge in [0.1, 0.15) is 5.82 Å². The smallest absolute Gasteiger partial charge is 0.128 e. The number of nitrogens with one attached hydrogen (secondary N) is 1. The van der Waals surface area contributed by atoms with E-state index in [0.29, 0.717) is 6.54 Å². The molecule has 0 bridgehead atoms. The van der Waals surface area contributed by atoms with E-state index in [4.69, 9.17) is 0 Å². The molecule has 0 unspecified atom stereocenters. The molecule has 0 aromatic heterocycles. The van der Waals surface area contributed by atoms with Gasteiger partial charge in [-0.1, -0.05) is 6.07 Å². The van der Waals surface area contributed by atoms with E-state index in [1.54, 1.807) is 17.8 Å². The molecule has 0 atom stereocenters. The highest BCUT2D eigenvalue weighted by Crippen LogP contribution is 2.26. The van der Waals surface area contributed by atoms with E-state index in [1.807, 2.05) is 6.07 Å². The first-order valence-corrected chi connectivity index (χ1v) is 4.97. The molecule has 13 heavy (non-hydrogen) atoms. The molecule has 1 aliphatic heterocycles. The summed E-state index contributed by atoms with van der Waals surface area (Å²) in [6.45, 7) is 1.62. The summed E-state index contributed by atoms with van der Waals surface area (Å²) in [4.78, 5) is 1.08. The molecule has 0 saturated heterocycles. The Balaban J connectivity index is 0.000000845. The minimum atomic E-state index is -0.0885. The van der Waals surface area contributed by atoms with Gasteiger partial charge in [-0.15, -0.1) is 24.2 Å². The monoisotopic (exact) mass is 219 g/mol. The summed E-state index contributed by atoms with van der Waals surface area (Å²) in [7, 11) is 0. The van der Waals surface area contributed by atoms with Gasteiger partial charge in [-0.3, -0.25) is 0 Å². The van der Waals surface area contributed by atoms with Gasteiger partial charge in [-0.25, -0.2) is 4.39 Å². The third kappa shape index (κ3) is 2.36. The first kappa shape index (κ1) is 10.8. The summed E-state index contributed by atoms with van der Waals surface area (Å²) >= 11 is 1.72. The maximum absolute atomic E-state index is 13.2. The van der Waals surface area contributed by atoms with Crippen LogP contribution in [-0.4, -0.2) is 12.3 Å². The van der Waals surface area contributed by atoms with Crippen LogP contribution in [0.5, 0.6) is 0 Å². The molecule has 1 aliphatic rings. The summed E-state index contributed by atoms with van der Waals surface area (Å²) in [6, 6.07) is 5.27. The third-order valence-corrected chi connectivity index (χ3v) is 3.02. The number of hydrogen-bond donors (Lipinski definition) is 1. The van der Waals surface area contributed by atoms with Crippen molar-refractivity contribution in [2.75, 3.05) is 12.3 Å². The fraction of sp³-hybridized carbons (Fsp3) is 0.333. The van der Waals surface area contributed by atoms with Crippen molar-refractivity contribution in [2.45, 2.75) is 11.4 Å². The fourth-order valence-electron chi connectivity index (χ4n) is 1.29. The van der Waals surface area contributed by atoms with Crippen LogP contribution in [-0.2, 0) is 6.54 Å². The SMILES string of the molecule is Cl.Fc1cccc2c1CNCCS2. The maximum Gasteiger partial charge on any atom is 0.128 e. The molecule has 0 amide bonds. The van der Waals surface area contributed by atoms with Crippen LogP contribution in [0.3, 0.4) is 0 Å². The second kappa shape index (κ2) is 4.84. The van der Waals surface area contributed by atoms with Gasteiger partial charge < -0.3 is 5.32 Å². The van der Waals surface area contributed by atoms with E-state index in [0.717, 1.165) is 22.8 Å². The number of rotatable bonds is 0. The van der Waals surface area contributed by atoms with Crippen LogP contribution in [0.15, 0.2) is 23.1 Å². The largest absolute Gasteiger partial charge is 0.312 e.